The zero-order valence-corrected chi connectivity index (χ0v) is 13.6. The maximum atomic E-state index is 13.0. The summed E-state index contributed by atoms with van der Waals surface area (Å²) in [5.41, 5.74) is 5.79. The van der Waals surface area contributed by atoms with Crippen LogP contribution in [0.3, 0.4) is 0 Å². The molecule has 120 valence electrons. The Kier molecular flexibility index (Phi) is 5.03. The van der Waals surface area contributed by atoms with Crippen LogP contribution in [0.15, 0.2) is 84.9 Å². The van der Waals surface area contributed by atoms with Crippen LogP contribution in [0.4, 0.5) is 21.5 Å². The molecule has 3 nitrogen and oxygen atoms in total. The smallest absolute Gasteiger partial charge is 0.190 e. The molecule has 0 unspecified atom stereocenters. The van der Waals surface area contributed by atoms with E-state index in [-0.39, 0.29) is 5.82 Å². The van der Waals surface area contributed by atoms with Gasteiger partial charge in [0.1, 0.15) is 5.82 Å². The average molecular weight is 337 g/mol. The summed E-state index contributed by atoms with van der Waals surface area (Å²) in [4.78, 5) is 0. The molecule has 0 saturated heterocycles. The van der Waals surface area contributed by atoms with E-state index < -0.39 is 0 Å². The third kappa shape index (κ3) is 4.08. The summed E-state index contributed by atoms with van der Waals surface area (Å²) in [6.07, 6.45) is 0. The Hall–Kier alpha value is -2.92. The maximum absolute atomic E-state index is 13.0. The van der Waals surface area contributed by atoms with Crippen LogP contribution < -0.4 is 15.8 Å². The molecule has 0 aliphatic rings. The summed E-state index contributed by atoms with van der Waals surface area (Å²) in [6, 6.07) is 25.8. The third-order valence-corrected chi connectivity index (χ3v) is 3.54. The van der Waals surface area contributed by atoms with Crippen molar-refractivity contribution in [2.24, 2.45) is 0 Å². The predicted molar refractivity (Wildman–Crippen MR) is 101 cm³/mol. The SMILES string of the molecule is Fc1ccc(NC(=S)NN(c2ccccc2)c2ccccc2)cc1. The Morgan fingerprint density at radius 3 is 1.75 bits per heavy atom. The van der Waals surface area contributed by atoms with E-state index in [0.29, 0.717) is 5.11 Å². The molecule has 0 amide bonds. The summed E-state index contributed by atoms with van der Waals surface area (Å²) in [5.74, 6) is -0.283. The van der Waals surface area contributed by atoms with Crippen molar-refractivity contribution in [1.29, 1.82) is 0 Å². The number of hydrogen-bond acceptors (Lipinski definition) is 2. The average Bonchev–Trinajstić information content (AvgIpc) is 2.63. The van der Waals surface area contributed by atoms with Crippen molar-refractivity contribution in [3.63, 3.8) is 0 Å². The summed E-state index contributed by atoms with van der Waals surface area (Å²) in [6.45, 7) is 0. The first-order chi connectivity index (χ1) is 11.7. The van der Waals surface area contributed by atoms with Gasteiger partial charge >= 0.3 is 0 Å². The van der Waals surface area contributed by atoms with Crippen LogP contribution in [-0.4, -0.2) is 5.11 Å². The van der Waals surface area contributed by atoms with Gasteiger partial charge in [-0.15, -0.1) is 0 Å². The van der Waals surface area contributed by atoms with Gasteiger partial charge < -0.3 is 5.32 Å². The molecule has 0 radical (unpaired) electrons. The summed E-state index contributed by atoms with van der Waals surface area (Å²) >= 11 is 5.39. The maximum Gasteiger partial charge on any atom is 0.190 e. The number of para-hydroxylation sites is 2. The van der Waals surface area contributed by atoms with Gasteiger partial charge in [0.2, 0.25) is 0 Å². The summed E-state index contributed by atoms with van der Waals surface area (Å²) in [7, 11) is 0. The monoisotopic (exact) mass is 337 g/mol. The topological polar surface area (TPSA) is 27.3 Å². The van der Waals surface area contributed by atoms with E-state index in [2.05, 4.69) is 10.7 Å². The molecule has 0 aliphatic heterocycles. The molecule has 0 aliphatic carbocycles. The van der Waals surface area contributed by atoms with E-state index in [4.69, 9.17) is 12.2 Å². The van der Waals surface area contributed by atoms with Crippen molar-refractivity contribution in [3.8, 4) is 0 Å². The van der Waals surface area contributed by atoms with Gasteiger partial charge in [-0.25, -0.2) is 4.39 Å². The highest BCUT2D eigenvalue weighted by molar-refractivity contribution is 7.80. The normalized spacial score (nSPS) is 10.0. The molecule has 3 aromatic rings. The lowest BCUT2D eigenvalue weighted by Crippen LogP contribution is -2.41. The molecule has 24 heavy (non-hydrogen) atoms. The van der Waals surface area contributed by atoms with Crippen LogP contribution in [0.5, 0.6) is 0 Å². The number of nitrogens with zero attached hydrogens (tertiary/aromatic N) is 1. The molecule has 0 aromatic heterocycles. The Morgan fingerprint density at radius 2 is 1.25 bits per heavy atom. The van der Waals surface area contributed by atoms with Crippen LogP contribution >= 0.6 is 12.2 Å². The van der Waals surface area contributed by atoms with E-state index in [9.17, 15) is 4.39 Å². The van der Waals surface area contributed by atoms with Crippen LogP contribution in [0.25, 0.3) is 0 Å². The molecular formula is C19H16FN3S. The van der Waals surface area contributed by atoms with Gasteiger partial charge in [0.25, 0.3) is 0 Å². The fraction of sp³-hybridized carbons (Fsp3) is 0. The molecule has 3 rings (SSSR count). The second kappa shape index (κ2) is 7.57. The molecule has 0 bridgehead atoms. The standard InChI is InChI=1S/C19H16FN3S/c20-15-11-13-16(14-12-15)21-19(24)22-23(17-7-3-1-4-8-17)18-9-5-2-6-10-18/h1-14H,(H2,21,22,24). The molecule has 0 fully saturated rings. The van der Waals surface area contributed by atoms with Crippen molar-refractivity contribution in [2.45, 2.75) is 0 Å². The number of anilines is 3. The Bertz CT molecular complexity index is 752. The molecule has 0 saturated carbocycles. The van der Waals surface area contributed by atoms with Gasteiger partial charge in [-0.2, -0.15) is 0 Å². The van der Waals surface area contributed by atoms with Gasteiger partial charge in [0, 0.05) is 5.69 Å². The minimum Gasteiger partial charge on any atom is -0.331 e. The van der Waals surface area contributed by atoms with E-state index in [1.165, 1.54) is 12.1 Å². The first kappa shape index (κ1) is 16.0. The number of halogens is 1. The van der Waals surface area contributed by atoms with E-state index in [1.54, 1.807) is 12.1 Å². The van der Waals surface area contributed by atoms with E-state index in [0.717, 1.165) is 17.1 Å². The minimum absolute atomic E-state index is 0.283. The van der Waals surface area contributed by atoms with Crippen molar-refractivity contribution >= 4 is 34.4 Å². The lowest BCUT2D eigenvalue weighted by Gasteiger charge is -2.27. The Labute approximate surface area is 145 Å². The quantitative estimate of drug-likeness (QED) is 0.525. The zero-order chi connectivity index (χ0) is 16.8. The van der Waals surface area contributed by atoms with Gasteiger partial charge in [0.15, 0.2) is 5.11 Å². The van der Waals surface area contributed by atoms with E-state index >= 15 is 0 Å². The summed E-state index contributed by atoms with van der Waals surface area (Å²) < 4.78 is 13.0. The van der Waals surface area contributed by atoms with Gasteiger partial charge in [-0.05, 0) is 60.7 Å². The number of benzene rings is 3. The van der Waals surface area contributed by atoms with Crippen LogP contribution in [0.1, 0.15) is 0 Å². The van der Waals surface area contributed by atoms with Crippen LogP contribution in [0, 0.1) is 5.82 Å². The molecule has 0 atom stereocenters. The van der Waals surface area contributed by atoms with Crippen molar-refractivity contribution < 1.29 is 4.39 Å². The van der Waals surface area contributed by atoms with Gasteiger partial charge in [-0.3, -0.25) is 10.4 Å². The van der Waals surface area contributed by atoms with Crippen molar-refractivity contribution in [3.05, 3.63) is 90.7 Å². The fourth-order valence-corrected chi connectivity index (χ4v) is 2.44. The van der Waals surface area contributed by atoms with Crippen LogP contribution in [0.2, 0.25) is 0 Å². The molecule has 0 spiro atoms. The zero-order valence-electron chi connectivity index (χ0n) is 12.8. The molecule has 3 aromatic carbocycles. The van der Waals surface area contributed by atoms with E-state index in [1.807, 2.05) is 65.7 Å². The molecule has 5 heteroatoms. The third-order valence-electron chi connectivity index (χ3n) is 3.34. The second-order valence-corrected chi connectivity index (χ2v) is 5.49. The Morgan fingerprint density at radius 1 is 0.750 bits per heavy atom. The molecule has 2 N–H and O–H groups in total. The van der Waals surface area contributed by atoms with Gasteiger partial charge in [-0.1, -0.05) is 36.4 Å². The number of hydrogen-bond donors (Lipinski definition) is 2. The first-order valence-corrected chi connectivity index (χ1v) is 7.86. The van der Waals surface area contributed by atoms with Crippen LogP contribution in [-0.2, 0) is 0 Å². The molecule has 0 heterocycles. The first-order valence-electron chi connectivity index (χ1n) is 7.46. The second-order valence-electron chi connectivity index (χ2n) is 5.08. The lowest BCUT2D eigenvalue weighted by molar-refractivity contribution is 0.628. The Balaban J connectivity index is 1.79. The molecular weight excluding hydrogens is 321 g/mol. The highest BCUT2D eigenvalue weighted by atomic mass is 32.1. The summed E-state index contributed by atoms with van der Waals surface area (Å²) in [5, 5.41) is 5.35. The predicted octanol–water partition coefficient (Wildman–Crippen LogP) is 4.87. The minimum atomic E-state index is -0.283. The highest BCUT2D eigenvalue weighted by Gasteiger charge is 2.10. The lowest BCUT2D eigenvalue weighted by atomic mass is 10.2. The number of nitrogens with one attached hydrogen (secondary N) is 2. The van der Waals surface area contributed by atoms with Crippen molar-refractivity contribution in [1.82, 2.24) is 5.43 Å². The number of rotatable bonds is 4. The number of hydrazine groups is 1. The fourth-order valence-electron chi connectivity index (χ4n) is 2.23. The van der Waals surface area contributed by atoms with Crippen molar-refractivity contribution in [2.75, 3.05) is 10.3 Å². The van der Waals surface area contributed by atoms with Gasteiger partial charge in [0.05, 0.1) is 11.4 Å². The largest absolute Gasteiger partial charge is 0.331 e. The number of thiocarbonyl (C=S) groups is 1. The highest BCUT2D eigenvalue weighted by Crippen LogP contribution is 2.22.